The summed E-state index contributed by atoms with van der Waals surface area (Å²) in [7, 11) is -3.08. The Morgan fingerprint density at radius 1 is 1.39 bits per heavy atom. The van der Waals surface area contributed by atoms with Crippen molar-refractivity contribution in [3.05, 3.63) is 30.1 Å². The van der Waals surface area contributed by atoms with Gasteiger partial charge >= 0.3 is 0 Å². The zero-order valence-electron chi connectivity index (χ0n) is 13.5. The summed E-state index contributed by atoms with van der Waals surface area (Å²) in [5, 5.41) is 0. The molecule has 0 spiro atoms. The lowest BCUT2D eigenvalue weighted by molar-refractivity contribution is 0.203. The van der Waals surface area contributed by atoms with Crippen LogP contribution in [0.4, 0.5) is 0 Å². The minimum absolute atomic E-state index is 0.430. The standard InChI is InChI=1S/C16H24N4O2S/c1-23(21,22)17-9-5-11-20-10-4-6-13(12-20)16-18-14-7-2-3-8-15(14)19-16/h2-3,7-8,13,17H,4-6,9-12H2,1H3,(H,18,19)/t13-/m0/s1. The molecule has 23 heavy (non-hydrogen) atoms. The Morgan fingerprint density at radius 3 is 3.00 bits per heavy atom. The minimum Gasteiger partial charge on any atom is -0.342 e. The molecule has 126 valence electrons. The summed E-state index contributed by atoms with van der Waals surface area (Å²) >= 11 is 0. The zero-order chi connectivity index (χ0) is 16.3. The van der Waals surface area contributed by atoms with Gasteiger partial charge in [0.15, 0.2) is 0 Å². The van der Waals surface area contributed by atoms with Crippen molar-refractivity contribution in [2.45, 2.75) is 25.2 Å². The molecule has 0 bridgehead atoms. The maximum absolute atomic E-state index is 11.1. The smallest absolute Gasteiger partial charge is 0.208 e. The Morgan fingerprint density at radius 2 is 2.22 bits per heavy atom. The second-order valence-electron chi connectivity index (χ2n) is 6.30. The number of imidazole rings is 1. The van der Waals surface area contributed by atoms with Crippen LogP contribution in [0.2, 0.25) is 0 Å². The molecule has 1 atom stereocenters. The number of rotatable bonds is 6. The molecule has 7 heteroatoms. The fourth-order valence-corrected chi connectivity index (χ4v) is 3.72. The lowest BCUT2D eigenvalue weighted by Crippen LogP contribution is -2.36. The fourth-order valence-electron chi connectivity index (χ4n) is 3.21. The molecular formula is C16H24N4O2S. The summed E-state index contributed by atoms with van der Waals surface area (Å²) in [6.07, 6.45) is 4.34. The third-order valence-corrected chi connectivity index (χ3v) is 5.04. The van der Waals surface area contributed by atoms with Crippen LogP contribution in [0.15, 0.2) is 24.3 Å². The Hall–Kier alpha value is -1.44. The van der Waals surface area contributed by atoms with Gasteiger partial charge in [-0.3, -0.25) is 0 Å². The van der Waals surface area contributed by atoms with Crippen LogP contribution in [0, 0.1) is 0 Å². The molecule has 1 saturated heterocycles. The number of benzene rings is 1. The number of hydrogen-bond acceptors (Lipinski definition) is 4. The second-order valence-corrected chi connectivity index (χ2v) is 8.13. The third kappa shape index (κ3) is 4.53. The van der Waals surface area contributed by atoms with Gasteiger partial charge in [0.25, 0.3) is 0 Å². The van der Waals surface area contributed by atoms with Crippen molar-refractivity contribution in [1.82, 2.24) is 19.6 Å². The van der Waals surface area contributed by atoms with Gasteiger partial charge in [0.05, 0.1) is 17.3 Å². The number of sulfonamides is 1. The van der Waals surface area contributed by atoms with E-state index < -0.39 is 10.0 Å². The van der Waals surface area contributed by atoms with E-state index >= 15 is 0 Å². The van der Waals surface area contributed by atoms with E-state index in [1.165, 1.54) is 6.26 Å². The van der Waals surface area contributed by atoms with Crippen molar-refractivity contribution in [3.8, 4) is 0 Å². The van der Waals surface area contributed by atoms with Crippen LogP contribution < -0.4 is 4.72 Å². The molecule has 2 N–H and O–H groups in total. The molecule has 1 aromatic carbocycles. The number of para-hydroxylation sites is 2. The number of aromatic nitrogens is 2. The lowest BCUT2D eigenvalue weighted by Gasteiger charge is -2.31. The van der Waals surface area contributed by atoms with E-state index in [1.807, 2.05) is 18.2 Å². The number of hydrogen-bond donors (Lipinski definition) is 2. The van der Waals surface area contributed by atoms with Crippen molar-refractivity contribution in [1.29, 1.82) is 0 Å². The highest BCUT2D eigenvalue weighted by atomic mass is 32.2. The first-order valence-corrected chi connectivity index (χ1v) is 10.0. The number of likely N-dealkylation sites (tertiary alicyclic amines) is 1. The van der Waals surface area contributed by atoms with E-state index in [9.17, 15) is 8.42 Å². The molecule has 6 nitrogen and oxygen atoms in total. The fraction of sp³-hybridized carbons (Fsp3) is 0.562. The highest BCUT2D eigenvalue weighted by Crippen LogP contribution is 2.26. The van der Waals surface area contributed by atoms with Crippen LogP contribution in [0.25, 0.3) is 11.0 Å². The average molecular weight is 336 g/mol. The molecule has 1 aliphatic heterocycles. The molecule has 0 unspecified atom stereocenters. The van der Waals surface area contributed by atoms with Crippen molar-refractivity contribution in [2.24, 2.45) is 0 Å². The number of nitrogens with zero attached hydrogens (tertiary/aromatic N) is 2. The summed E-state index contributed by atoms with van der Waals surface area (Å²) in [5.74, 6) is 1.50. The topological polar surface area (TPSA) is 78.1 Å². The predicted molar refractivity (Wildman–Crippen MR) is 92.0 cm³/mol. The summed E-state index contributed by atoms with van der Waals surface area (Å²) in [6.45, 7) is 3.48. The molecule has 0 radical (unpaired) electrons. The highest BCUT2D eigenvalue weighted by molar-refractivity contribution is 7.88. The van der Waals surface area contributed by atoms with Gasteiger partial charge in [-0.15, -0.1) is 0 Å². The van der Waals surface area contributed by atoms with Gasteiger partial charge in [-0.05, 0) is 44.5 Å². The second kappa shape index (κ2) is 6.98. The average Bonchev–Trinajstić information content (AvgIpc) is 2.95. The Labute approximate surface area is 137 Å². The summed E-state index contributed by atoms with van der Waals surface area (Å²) in [4.78, 5) is 10.6. The Balaban J connectivity index is 1.55. The first kappa shape index (κ1) is 16.4. The number of fused-ring (bicyclic) bond motifs is 1. The van der Waals surface area contributed by atoms with Gasteiger partial charge in [-0.1, -0.05) is 12.1 Å². The molecule has 1 fully saturated rings. The van der Waals surface area contributed by atoms with Crippen molar-refractivity contribution in [3.63, 3.8) is 0 Å². The minimum atomic E-state index is -3.08. The number of nitrogens with one attached hydrogen (secondary N) is 2. The first-order chi connectivity index (χ1) is 11.0. The van der Waals surface area contributed by atoms with E-state index in [0.29, 0.717) is 12.5 Å². The molecule has 2 aromatic rings. The van der Waals surface area contributed by atoms with Crippen LogP contribution in [-0.2, 0) is 10.0 Å². The quantitative estimate of drug-likeness (QED) is 0.787. The highest BCUT2D eigenvalue weighted by Gasteiger charge is 2.23. The first-order valence-electron chi connectivity index (χ1n) is 8.13. The van der Waals surface area contributed by atoms with Crippen molar-refractivity contribution < 1.29 is 8.42 Å². The van der Waals surface area contributed by atoms with Crippen molar-refractivity contribution in [2.75, 3.05) is 32.4 Å². The van der Waals surface area contributed by atoms with Gasteiger partial charge in [-0.25, -0.2) is 18.1 Å². The molecule has 1 aromatic heterocycles. The lowest BCUT2D eigenvalue weighted by atomic mass is 9.97. The van der Waals surface area contributed by atoms with E-state index in [-0.39, 0.29) is 0 Å². The third-order valence-electron chi connectivity index (χ3n) is 4.32. The van der Waals surface area contributed by atoms with Crippen molar-refractivity contribution >= 4 is 21.1 Å². The van der Waals surface area contributed by atoms with Crippen LogP contribution in [0.5, 0.6) is 0 Å². The van der Waals surface area contributed by atoms with E-state index in [4.69, 9.17) is 4.98 Å². The zero-order valence-corrected chi connectivity index (χ0v) is 14.3. The monoisotopic (exact) mass is 336 g/mol. The van der Waals surface area contributed by atoms with E-state index in [1.54, 1.807) is 0 Å². The van der Waals surface area contributed by atoms with E-state index in [0.717, 1.165) is 55.8 Å². The summed E-state index contributed by atoms with van der Waals surface area (Å²) in [5.41, 5.74) is 2.12. The maximum Gasteiger partial charge on any atom is 0.208 e. The largest absolute Gasteiger partial charge is 0.342 e. The Kier molecular flexibility index (Phi) is 4.99. The van der Waals surface area contributed by atoms with Crippen LogP contribution in [0.3, 0.4) is 0 Å². The molecule has 2 heterocycles. The van der Waals surface area contributed by atoms with Crippen LogP contribution >= 0.6 is 0 Å². The van der Waals surface area contributed by atoms with Gasteiger partial charge in [0.2, 0.25) is 10.0 Å². The molecule has 3 rings (SSSR count). The summed E-state index contributed by atoms with van der Waals surface area (Å²) in [6, 6.07) is 8.12. The predicted octanol–water partition coefficient (Wildman–Crippen LogP) is 1.68. The Bertz CT molecular complexity index is 723. The molecular weight excluding hydrogens is 312 g/mol. The SMILES string of the molecule is CS(=O)(=O)NCCCN1CCC[C@H](c2nc3ccccc3[nH]2)C1. The maximum atomic E-state index is 11.1. The number of aromatic amines is 1. The van der Waals surface area contributed by atoms with Gasteiger partial charge in [-0.2, -0.15) is 0 Å². The van der Waals surface area contributed by atoms with Gasteiger partial charge in [0.1, 0.15) is 5.82 Å². The van der Waals surface area contributed by atoms with Crippen LogP contribution in [-0.4, -0.2) is 55.7 Å². The summed E-state index contributed by atoms with van der Waals surface area (Å²) < 4.78 is 24.7. The number of H-pyrrole nitrogens is 1. The van der Waals surface area contributed by atoms with Gasteiger partial charge < -0.3 is 9.88 Å². The normalized spacial score (nSPS) is 20.1. The van der Waals surface area contributed by atoms with E-state index in [2.05, 4.69) is 20.7 Å². The molecule has 0 amide bonds. The van der Waals surface area contributed by atoms with Gasteiger partial charge in [0, 0.05) is 19.0 Å². The molecule has 0 saturated carbocycles. The molecule has 0 aliphatic carbocycles. The number of piperidine rings is 1. The van der Waals surface area contributed by atoms with Crippen LogP contribution in [0.1, 0.15) is 31.0 Å². The molecule has 1 aliphatic rings.